The number of nitrogens with one attached hydrogen (secondary N) is 1. The van der Waals surface area contributed by atoms with Gasteiger partial charge >= 0.3 is 0 Å². The van der Waals surface area contributed by atoms with E-state index in [0.29, 0.717) is 29.4 Å². The van der Waals surface area contributed by atoms with E-state index in [2.05, 4.69) is 5.32 Å². The average Bonchev–Trinajstić information content (AvgIpc) is 2.64. The number of hydrogen-bond acceptors (Lipinski definition) is 5. The molecule has 2 rings (SSSR count). The van der Waals surface area contributed by atoms with Gasteiger partial charge in [0, 0.05) is 18.2 Å². The van der Waals surface area contributed by atoms with Gasteiger partial charge in [-0.25, -0.2) is 0 Å². The SMILES string of the molecule is COc1cc(CNC(=O)COc2ccc(C(C)=O)cc2)cc(OC)c1. The highest BCUT2D eigenvalue weighted by atomic mass is 16.5. The van der Waals surface area contributed by atoms with Crippen LogP contribution in [0, 0.1) is 0 Å². The van der Waals surface area contributed by atoms with E-state index >= 15 is 0 Å². The standard InChI is InChI=1S/C19H21NO5/c1-13(21)15-4-6-16(7-5-15)25-12-19(22)20-11-14-8-17(23-2)10-18(9-14)24-3/h4-10H,11-12H2,1-3H3,(H,20,22). The molecule has 0 saturated carbocycles. The lowest BCUT2D eigenvalue weighted by Gasteiger charge is -2.10. The van der Waals surface area contributed by atoms with Crippen LogP contribution >= 0.6 is 0 Å². The molecule has 6 heteroatoms. The molecule has 0 aliphatic heterocycles. The normalized spacial score (nSPS) is 10.0. The van der Waals surface area contributed by atoms with Gasteiger partial charge in [-0.05, 0) is 48.9 Å². The number of carbonyl (C=O) groups excluding carboxylic acids is 2. The van der Waals surface area contributed by atoms with Crippen molar-refractivity contribution < 1.29 is 23.8 Å². The number of ketones is 1. The van der Waals surface area contributed by atoms with Gasteiger partial charge in [-0.2, -0.15) is 0 Å². The van der Waals surface area contributed by atoms with Gasteiger partial charge in [-0.3, -0.25) is 9.59 Å². The molecule has 0 saturated heterocycles. The summed E-state index contributed by atoms with van der Waals surface area (Å²) in [6, 6.07) is 12.1. The summed E-state index contributed by atoms with van der Waals surface area (Å²) in [4.78, 5) is 23.1. The first-order valence-electron chi connectivity index (χ1n) is 7.74. The third-order valence-corrected chi connectivity index (χ3v) is 3.53. The smallest absolute Gasteiger partial charge is 0.258 e. The molecule has 6 nitrogen and oxygen atoms in total. The summed E-state index contributed by atoms with van der Waals surface area (Å²) in [5.74, 6) is 1.58. The topological polar surface area (TPSA) is 73.9 Å². The van der Waals surface area contributed by atoms with Gasteiger partial charge in [0.2, 0.25) is 0 Å². The Labute approximate surface area is 146 Å². The Balaban J connectivity index is 1.85. The Bertz CT molecular complexity index is 718. The summed E-state index contributed by atoms with van der Waals surface area (Å²) < 4.78 is 15.8. The molecule has 0 bridgehead atoms. The Kier molecular flexibility index (Phi) is 6.39. The largest absolute Gasteiger partial charge is 0.497 e. The number of amides is 1. The highest BCUT2D eigenvalue weighted by molar-refractivity contribution is 5.94. The van der Waals surface area contributed by atoms with E-state index in [1.807, 2.05) is 12.1 Å². The van der Waals surface area contributed by atoms with Crippen molar-refractivity contribution in [3.8, 4) is 17.2 Å². The second-order valence-corrected chi connectivity index (χ2v) is 5.37. The van der Waals surface area contributed by atoms with Crippen LogP contribution in [0.3, 0.4) is 0 Å². The fourth-order valence-corrected chi connectivity index (χ4v) is 2.15. The number of carbonyl (C=O) groups is 2. The van der Waals surface area contributed by atoms with Gasteiger partial charge in [0.05, 0.1) is 14.2 Å². The maximum atomic E-state index is 11.9. The molecule has 0 radical (unpaired) electrons. The molecule has 2 aromatic rings. The van der Waals surface area contributed by atoms with Crippen molar-refractivity contribution in [1.29, 1.82) is 0 Å². The molecular formula is C19H21NO5. The predicted molar refractivity (Wildman–Crippen MR) is 93.3 cm³/mol. The minimum absolute atomic E-state index is 0.0157. The lowest BCUT2D eigenvalue weighted by atomic mass is 10.1. The third-order valence-electron chi connectivity index (χ3n) is 3.53. The van der Waals surface area contributed by atoms with Crippen molar-refractivity contribution in [2.24, 2.45) is 0 Å². The van der Waals surface area contributed by atoms with Gasteiger partial charge in [0.1, 0.15) is 17.2 Å². The van der Waals surface area contributed by atoms with E-state index < -0.39 is 0 Å². The van der Waals surface area contributed by atoms with Gasteiger partial charge < -0.3 is 19.5 Å². The first kappa shape index (κ1) is 18.3. The van der Waals surface area contributed by atoms with Crippen LogP contribution in [0.5, 0.6) is 17.2 Å². The maximum absolute atomic E-state index is 11.9. The van der Waals surface area contributed by atoms with Gasteiger partial charge in [0.25, 0.3) is 5.91 Å². The molecule has 0 heterocycles. The van der Waals surface area contributed by atoms with Crippen molar-refractivity contribution in [2.45, 2.75) is 13.5 Å². The van der Waals surface area contributed by atoms with Crippen molar-refractivity contribution in [3.63, 3.8) is 0 Å². The highest BCUT2D eigenvalue weighted by Crippen LogP contribution is 2.22. The molecule has 1 N–H and O–H groups in total. The number of Topliss-reactive ketones (excluding diaryl/α,β-unsaturated/α-hetero) is 1. The van der Waals surface area contributed by atoms with E-state index in [4.69, 9.17) is 14.2 Å². The van der Waals surface area contributed by atoms with E-state index in [0.717, 1.165) is 5.56 Å². The molecule has 25 heavy (non-hydrogen) atoms. The van der Waals surface area contributed by atoms with Gasteiger partial charge in [-0.15, -0.1) is 0 Å². The van der Waals surface area contributed by atoms with Gasteiger partial charge in [-0.1, -0.05) is 0 Å². The zero-order chi connectivity index (χ0) is 18.2. The van der Waals surface area contributed by atoms with Crippen LogP contribution in [-0.2, 0) is 11.3 Å². The van der Waals surface area contributed by atoms with E-state index in [1.165, 1.54) is 6.92 Å². The van der Waals surface area contributed by atoms with Crippen LogP contribution in [0.25, 0.3) is 0 Å². The van der Waals surface area contributed by atoms with Crippen molar-refractivity contribution >= 4 is 11.7 Å². The molecule has 132 valence electrons. The molecule has 0 atom stereocenters. The van der Waals surface area contributed by atoms with Crippen LogP contribution in [-0.4, -0.2) is 32.5 Å². The molecule has 0 fully saturated rings. The zero-order valence-electron chi connectivity index (χ0n) is 14.5. The van der Waals surface area contributed by atoms with Crippen molar-refractivity contribution in [2.75, 3.05) is 20.8 Å². The van der Waals surface area contributed by atoms with Crippen molar-refractivity contribution in [3.05, 3.63) is 53.6 Å². The Hall–Kier alpha value is -3.02. The molecule has 0 aliphatic rings. The fourth-order valence-electron chi connectivity index (χ4n) is 2.15. The molecule has 0 aliphatic carbocycles. The first-order chi connectivity index (χ1) is 12.0. The number of ether oxygens (including phenoxy) is 3. The summed E-state index contributed by atoms with van der Waals surface area (Å²) in [5, 5.41) is 2.77. The zero-order valence-corrected chi connectivity index (χ0v) is 14.5. The van der Waals surface area contributed by atoms with Crippen LogP contribution in [0.15, 0.2) is 42.5 Å². The van der Waals surface area contributed by atoms with Crippen LogP contribution in [0.4, 0.5) is 0 Å². The Morgan fingerprint density at radius 3 is 2.04 bits per heavy atom. The lowest BCUT2D eigenvalue weighted by molar-refractivity contribution is -0.123. The minimum Gasteiger partial charge on any atom is -0.497 e. The molecular weight excluding hydrogens is 322 g/mol. The van der Waals surface area contributed by atoms with E-state index in [-0.39, 0.29) is 18.3 Å². The molecule has 0 aromatic heterocycles. The Morgan fingerprint density at radius 2 is 1.52 bits per heavy atom. The van der Waals surface area contributed by atoms with Crippen LogP contribution < -0.4 is 19.5 Å². The Morgan fingerprint density at radius 1 is 0.920 bits per heavy atom. The third kappa shape index (κ3) is 5.53. The van der Waals surface area contributed by atoms with E-state index in [1.54, 1.807) is 44.6 Å². The summed E-state index contributed by atoms with van der Waals surface area (Å²) in [6.45, 7) is 1.72. The second-order valence-electron chi connectivity index (χ2n) is 5.37. The molecule has 0 unspecified atom stereocenters. The summed E-state index contributed by atoms with van der Waals surface area (Å²) in [5.41, 5.74) is 1.46. The number of rotatable bonds is 8. The van der Waals surface area contributed by atoms with Crippen LogP contribution in [0.1, 0.15) is 22.8 Å². The van der Waals surface area contributed by atoms with Crippen molar-refractivity contribution in [1.82, 2.24) is 5.32 Å². The quantitative estimate of drug-likeness (QED) is 0.746. The lowest BCUT2D eigenvalue weighted by Crippen LogP contribution is -2.28. The van der Waals surface area contributed by atoms with E-state index in [9.17, 15) is 9.59 Å². The maximum Gasteiger partial charge on any atom is 0.258 e. The average molecular weight is 343 g/mol. The summed E-state index contributed by atoms with van der Waals surface area (Å²) in [6.07, 6.45) is 0. The monoisotopic (exact) mass is 343 g/mol. The first-order valence-corrected chi connectivity index (χ1v) is 7.74. The number of methoxy groups -OCH3 is 2. The number of benzene rings is 2. The second kappa shape index (κ2) is 8.73. The fraction of sp³-hybridized carbons (Fsp3) is 0.263. The summed E-state index contributed by atoms with van der Waals surface area (Å²) >= 11 is 0. The minimum atomic E-state index is -0.252. The van der Waals surface area contributed by atoms with Crippen LogP contribution in [0.2, 0.25) is 0 Å². The van der Waals surface area contributed by atoms with Gasteiger partial charge in [0.15, 0.2) is 12.4 Å². The summed E-state index contributed by atoms with van der Waals surface area (Å²) in [7, 11) is 3.14. The molecule has 2 aromatic carbocycles. The molecule has 1 amide bonds. The number of hydrogen-bond donors (Lipinski definition) is 1. The highest BCUT2D eigenvalue weighted by Gasteiger charge is 2.06. The molecule has 0 spiro atoms. The predicted octanol–water partition coefficient (Wildman–Crippen LogP) is 2.60.